The van der Waals surface area contributed by atoms with E-state index in [1.165, 1.54) is 0 Å². The summed E-state index contributed by atoms with van der Waals surface area (Å²) < 4.78 is 52.0. The van der Waals surface area contributed by atoms with Crippen LogP contribution in [0.25, 0.3) is 0 Å². The number of ether oxygens (including phenoxy) is 8. The normalized spacial score (nSPS) is 21.0. The summed E-state index contributed by atoms with van der Waals surface area (Å²) in [7, 11) is 3.31. The van der Waals surface area contributed by atoms with Gasteiger partial charge in [-0.1, -0.05) is 121 Å². The maximum absolute atomic E-state index is 6.95. The number of benzene rings is 5. The molecule has 0 radical (unpaired) electrons. The van der Waals surface area contributed by atoms with E-state index in [0.29, 0.717) is 19.8 Å². The Labute approximate surface area is 319 Å². The van der Waals surface area contributed by atoms with Crippen molar-refractivity contribution in [3.05, 3.63) is 180 Å². The van der Waals surface area contributed by atoms with Crippen LogP contribution in [0.1, 0.15) is 27.8 Å². The predicted molar refractivity (Wildman–Crippen MR) is 208 cm³/mol. The summed E-state index contributed by atoms with van der Waals surface area (Å²) in [6, 6.07) is 46.0. The van der Waals surface area contributed by atoms with Crippen LogP contribution in [0.5, 0.6) is 11.5 Å². The Morgan fingerprint density at radius 2 is 0.630 bits per heavy atom. The second-order valence-electron chi connectivity index (χ2n) is 13.1. The maximum Gasteiger partial charge on any atom is 0.118 e. The van der Waals surface area contributed by atoms with E-state index in [2.05, 4.69) is 6.58 Å². The van der Waals surface area contributed by atoms with E-state index < -0.39 is 36.6 Å². The van der Waals surface area contributed by atoms with Crippen molar-refractivity contribution in [3.8, 4) is 11.5 Å². The van der Waals surface area contributed by atoms with Crippen molar-refractivity contribution in [2.24, 2.45) is 0 Å². The molecule has 1 saturated carbocycles. The van der Waals surface area contributed by atoms with E-state index in [1.54, 1.807) is 20.3 Å². The standard InChI is InChI=1S/C46H50O8/c1-4-28-49-41-42(50-29-34-14-8-5-9-15-34)44(52-31-36-18-12-7-13-19-36)46(54-33-38-22-26-40(48-3)27-23-38)45(43(41)51-30-35-16-10-6-11-17-35)53-32-37-20-24-39(47-2)25-21-37/h4-27,41-46H,1,28-33H2,2-3H3/t41-,42+,43+,44+,45-,46-/m1/s1. The molecule has 5 aromatic carbocycles. The summed E-state index contributed by atoms with van der Waals surface area (Å²) in [6.07, 6.45) is -2.02. The van der Waals surface area contributed by atoms with Gasteiger partial charge in [-0.2, -0.15) is 0 Å². The van der Waals surface area contributed by atoms with E-state index >= 15 is 0 Å². The molecule has 6 atom stereocenters. The van der Waals surface area contributed by atoms with Crippen LogP contribution in [0.2, 0.25) is 0 Å². The molecule has 0 heterocycles. The summed E-state index contributed by atoms with van der Waals surface area (Å²) in [6.45, 7) is 5.80. The van der Waals surface area contributed by atoms with Gasteiger partial charge < -0.3 is 37.9 Å². The van der Waals surface area contributed by atoms with Crippen LogP contribution in [0.15, 0.2) is 152 Å². The molecule has 0 N–H and O–H groups in total. The Bertz CT molecular complexity index is 1780. The van der Waals surface area contributed by atoms with Gasteiger partial charge in [-0.15, -0.1) is 6.58 Å². The van der Waals surface area contributed by atoms with Crippen LogP contribution >= 0.6 is 0 Å². The topological polar surface area (TPSA) is 73.8 Å². The van der Waals surface area contributed by atoms with E-state index in [0.717, 1.165) is 39.3 Å². The van der Waals surface area contributed by atoms with Crippen LogP contribution in [-0.4, -0.2) is 57.5 Å². The highest BCUT2D eigenvalue weighted by atomic mass is 16.6. The summed E-state index contributed by atoms with van der Waals surface area (Å²) in [4.78, 5) is 0. The largest absolute Gasteiger partial charge is 0.497 e. The predicted octanol–water partition coefficient (Wildman–Crippen LogP) is 8.52. The Kier molecular flexibility index (Phi) is 14.8. The summed E-state index contributed by atoms with van der Waals surface area (Å²) in [5.74, 6) is 1.54. The van der Waals surface area contributed by atoms with Crippen molar-refractivity contribution in [2.75, 3.05) is 20.8 Å². The van der Waals surface area contributed by atoms with E-state index in [1.807, 2.05) is 140 Å². The molecule has 0 unspecified atom stereocenters. The maximum atomic E-state index is 6.95. The van der Waals surface area contributed by atoms with Gasteiger partial charge in [-0.05, 0) is 52.1 Å². The first-order valence-corrected chi connectivity index (χ1v) is 18.3. The fourth-order valence-corrected chi connectivity index (χ4v) is 6.57. The molecule has 6 rings (SSSR count). The molecular weight excluding hydrogens is 680 g/mol. The van der Waals surface area contributed by atoms with Crippen molar-refractivity contribution >= 4 is 0 Å². The zero-order valence-corrected chi connectivity index (χ0v) is 31.0. The lowest BCUT2D eigenvalue weighted by Gasteiger charge is -2.49. The first-order valence-electron chi connectivity index (χ1n) is 18.3. The number of rotatable bonds is 20. The smallest absolute Gasteiger partial charge is 0.118 e. The Morgan fingerprint density at radius 3 is 0.889 bits per heavy atom. The second-order valence-corrected chi connectivity index (χ2v) is 13.1. The minimum Gasteiger partial charge on any atom is -0.497 e. The average molecular weight is 731 g/mol. The molecule has 0 aromatic heterocycles. The molecule has 0 spiro atoms. The lowest BCUT2D eigenvalue weighted by atomic mass is 9.83. The third-order valence-electron chi connectivity index (χ3n) is 9.41. The van der Waals surface area contributed by atoms with Crippen LogP contribution in [0.4, 0.5) is 0 Å². The van der Waals surface area contributed by atoms with Crippen molar-refractivity contribution in [1.82, 2.24) is 0 Å². The Hall–Kier alpha value is -4.80. The Balaban J connectivity index is 1.41. The fraction of sp³-hybridized carbons (Fsp3) is 0.304. The zero-order chi connectivity index (χ0) is 37.4. The number of hydrogen-bond donors (Lipinski definition) is 0. The second kappa shape index (κ2) is 20.6. The number of hydrogen-bond acceptors (Lipinski definition) is 8. The first-order chi connectivity index (χ1) is 26.6. The highest BCUT2D eigenvalue weighted by Gasteiger charge is 2.55. The van der Waals surface area contributed by atoms with Gasteiger partial charge in [0.2, 0.25) is 0 Å². The molecule has 0 bridgehead atoms. The highest BCUT2D eigenvalue weighted by molar-refractivity contribution is 5.28. The number of methoxy groups -OCH3 is 2. The molecule has 8 heteroatoms. The average Bonchev–Trinajstić information content (AvgIpc) is 3.23. The minimum atomic E-state index is -0.640. The molecule has 1 aliphatic carbocycles. The molecule has 0 amide bonds. The van der Waals surface area contributed by atoms with E-state index in [-0.39, 0.29) is 19.8 Å². The molecular formula is C46H50O8. The van der Waals surface area contributed by atoms with Crippen molar-refractivity contribution in [3.63, 3.8) is 0 Å². The monoisotopic (exact) mass is 730 g/mol. The van der Waals surface area contributed by atoms with Crippen LogP contribution < -0.4 is 9.47 Å². The highest BCUT2D eigenvalue weighted by Crippen LogP contribution is 2.36. The lowest BCUT2D eigenvalue weighted by Crippen LogP contribution is -2.67. The summed E-state index contributed by atoms with van der Waals surface area (Å²) in [5.41, 5.74) is 5.01. The minimum absolute atomic E-state index is 0.273. The molecule has 282 valence electrons. The molecule has 0 aliphatic heterocycles. The van der Waals surface area contributed by atoms with Crippen LogP contribution in [0.3, 0.4) is 0 Å². The Morgan fingerprint density at radius 1 is 0.370 bits per heavy atom. The van der Waals surface area contributed by atoms with Crippen molar-refractivity contribution in [1.29, 1.82) is 0 Å². The van der Waals surface area contributed by atoms with E-state index in [9.17, 15) is 0 Å². The summed E-state index contributed by atoms with van der Waals surface area (Å²) >= 11 is 0. The molecule has 1 fully saturated rings. The third-order valence-corrected chi connectivity index (χ3v) is 9.41. The van der Waals surface area contributed by atoms with Gasteiger partial charge in [-0.25, -0.2) is 0 Å². The molecule has 0 saturated heterocycles. The van der Waals surface area contributed by atoms with Gasteiger partial charge in [0.1, 0.15) is 48.1 Å². The van der Waals surface area contributed by atoms with E-state index in [4.69, 9.17) is 37.9 Å². The van der Waals surface area contributed by atoms with Gasteiger partial charge >= 0.3 is 0 Å². The molecule has 5 aromatic rings. The lowest BCUT2D eigenvalue weighted by molar-refractivity contribution is -0.289. The van der Waals surface area contributed by atoms with Crippen LogP contribution in [-0.2, 0) is 61.5 Å². The third kappa shape index (κ3) is 10.9. The zero-order valence-electron chi connectivity index (χ0n) is 31.0. The van der Waals surface area contributed by atoms with Gasteiger partial charge in [0.15, 0.2) is 0 Å². The van der Waals surface area contributed by atoms with Gasteiger partial charge in [0, 0.05) is 0 Å². The quantitative estimate of drug-likeness (QED) is 0.0739. The molecule has 8 nitrogen and oxygen atoms in total. The summed E-state index contributed by atoms with van der Waals surface area (Å²) in [5, 5.41) is 0. The van der Waals surface area contributed by atoms with Gasteiger partial charge in [0.05, 0.1) is 53.9 Å². The van der Waals surface area contributed by atoms with Gasteiger partial charge in [-0.3, -0.25) is 0 Å². The van der Waals surface area contributed by atoms with Crippen molar-refractivity contribution in [2.45, 2.75) is 69.7 Å². The SMILES string of the molecule is C=CCO[C@@H]1[C@H](OCc2ccccc2)[C@H](OCc2ccccc2)[C@@H](OCc2ccc(OC)cc2)[C@H](OCc2ccc(OC)cc2)[C@H]1OCc1ccccc1. The van der Waals surface area contributed by atoms with Crippen molar-refractivity contribution < 1.29 is 37.9 Å². The first kappa shape index (κ1) is 38.9. The fourth-order valence-electron chi connectivity index (χ4n) is 6.57. The van der Waals surface area contributed by atoms with Crippen LogP contribution in [0, 0.1) is 0 Å². The molecule has 54 heavy (non-hydrogen) atoms. The molecule has 1 aliphatic rings. The van der Waals surface area contributed by atoms with Gasteiger partial charge in [0.25, 0.3) is 0 Å².